The minimum atomic E-state index is -0.786. The third-order valence-corrected chi connectivity index (χ3v) is 2.00. The zero-order chi connectivity index (χ0) is 14.4. The van der Waals surface area contributed by atoms with Gasteiger partial charge in [0.2, 0.25) is 0 Å². The van der Waals surface area contributed by atoms with Gasteiger partial charge in [0, 0.05) is 12.3 Å². The highest BCUT2D eigenvalue weighted by atomic mass is 16.6. The summed E-state index contributed by atoms with van der Waals surface area (Å²) in [5, 5.41) is 10.8. The summed E-state index contributed by atoms with van der Waals surface area (Å²) in [6.45, 7) is -0.526. The first kappa shape index (κ1) is 14.4. The Balaban J connectivity index is 3.01. The maximum absolute atomic E-state index is 11.2. The molecule has 102 valence electrons. The molecule has 0 N–H and O–H groups in total. The zero-order valence-corrected chi connectivity index (χ0v) is 10.1. The van der Waals surface area contributed by atoms with Crippen molar-refractivity contribution in [1.29, 1.82) is 0 Å². The number of nitro groups is 1. The normalized spacial score (nSPS) is 9.58. The molecule has 0 unspecified atom stereocenters. The van der Waals surface area contributed by atoms with E-state index < -0.39 is 29.2 Å². The molecule has 0 aliphatic heterocycles. The number of aromatic nitrogens is 1. The Morgan fingerprint density at radius 2 is 2.05 bits per heavy atom. The molecule has 0 spiro atoms. The molecule has 0 bridgehead atoms. The van der Waals surface area contributed by atoms with Crippen molar-refractivity contribution in [2.75, 3.05) is 20.8 Å². The summed E-state index contributed by atoms with van der Waals surface area (Å²) in [4.78, 5) is 35.7. The second kappa shape index (κ2) is 6.28. The van der Waals surface area contributed by atoms with Crippen LogP contribution in [0.2, 0.25) is 0 Å². The lowest BCUT2D eigenvalue weighted by Crippen LogP contribution is -2.14. The van der Waals surface area contributed by atoms with Crippen LogP contribution in [-0.4, -0.2) is 42.7 Å². The minimum Gasteiger partial charge on any atom is -0.466 e. The topological polar surface area (TPSA) is 118 Å². The fraction of sp³-hybridized carbons (Fsp3) is 0.300. The van der Waals surface area contributed by atoms with E-state index in [0.717, 1.165) is 26.5 Å². The van der Waals surface area contributed by atoms with Crippen LogP contribution in [0, 0.1) is 10.1 Å². The SMILES string of the molecule is COC(=O)COc1ncc(C(=O)OC)cc1[N+](=O)[O-]. The molecule has 0 fully saturated rings. The van der Waals surface area contributed by atoms with Crippen LogP contribution in [0.3, 0.4) is 0 Å². The highest BCUT2D eigenvalue weighted by molar-refractivity contribution is 5.89. The Bertz CT molecular complexity index is 515. The highest BCUT2D eigenvalue weighted by Gasteiger charge is 2.21. The number of esters is 2. The van der Waals surface area contributed by atoms with Crippen molar-refractivity contribution in [3.63, 3.8) is 0 Å². The summed E-state index contributed by atoms with van der Waals surface area (Å²) >= 11 is 0. The Morgan fingerprint density at radius 1 is 1.37 bits per heavy atom. The van der Waals surface area contributed by atoms with Crippen molar-refractivity contribution in [1.82, 2.24) is 4.98 Å². The molecule has 0 atom stereocenters. The number of methoxy groups -OCH3 is 2. The van der Waals surface area contributed by atoms with Gasteiger partial charge in [-0.2, -0.15) is 0 Å². The summed E-state index contributed by atoms with van der Waals surface area (Å²) in [5.74, 6) is -1.87. The van der Waals surface area contributed by atoms with E-state index in [1.54, 1.807) is 0 Å². The van der Waals surface area contributed by atoms with Crippen LogP contribution in [0.1, 0.15) is 10.4 Å². The van der Waals surface area contributed by atoms with Crippen molar-refractivity contribution in [3.8, 4) is 5.88 Å². The van der Waals surface area contributed by atoms with Gasteiger partial charge < -0.3 is 14.2 Å². The van der Waals surface area contributed by atoms with Crippen LogP contribution in [0.4, 0.5) is 5.69 Å². The highest BCUT2D eigenvalue weighted by Crippen LogP contribution is 2.25. The molecule has 0 aliphatic rings. The summed E-state index contributed by atoms with van der Waals surface area (Å²) in [6.07, 6.45) is 1.05. The molecule has 0 radical (unpaired) electrons. The summed E-state index contributed by atoms with van der Waals surface area (Å²) in [5.41, 5.74) is -0.647. The van der Waals surface area contributed by atoms with E-state index in [-0.39, 0.29) is 11.4 Å². The van der Waals surface area contributed by atoms with Crippen molar-refractivity contribution in [3.05, 3.63) is 27.9 Å². The maximum Gasteiger partial charge on any atom is 0.343 e. The Kier molecular flexibility index (Phi) is 4.75. The molecule has 0 saturated heterocycles. The number of rotatable bonds is 5. The van der Waals surface area contributed by atoms with E-state index in [9.17, 15) is 19.7 Å². The molecular weight excluding hydrogens is 260 g/mol. The fourth-order valence-electron chi connectivity index (χ4n) is 1.10. The van der Waals surface area contributed by atoms with Crippen LogP contribution in [0.25, 0.3) is 0 Å². The first-order valence-electron chi connectivity index (χ1n) is 4.92. The third-order valence-electron chi connectivity index (χ3n) is 2.00. The van der Waals surface area contributed by atoms with E-state index in [1.165, 1.54) is 0 Å². The van der Waals surface area contributed by atoms with Crippen molar-refractivity contribution in [2.24, 2.45) is 0 Å². The lowest BCUT2D eigenvalue weighted by atomic mass is 10.2. The second-order valence-electron chi connectivity index (χ2n) is 3.16. The van der Waals surface area contributed by atoms with Gasteiger partial charge in [-0.1, -0.05) is 0 Å². The lowest BCUT2D eigenvalue weighted by molar-refractivity contribution is -0.386. The standard InChI is InChI=1S/C10H10N2O7/c1-17-8(13)5-19-9-7(12(15)16)3-6(4-11-9)10(14)18-2/h3-4H,5H2,1-2H3. The smallest absolute Gasteiger partial charge is 0.343 e. The second-order valence-corrected chi connectivity index (χ2v) is 3.16. The summed E-state index contributed by atoms with van der Waals surface area (Å²) < 4.78 is 13.6. The Morgan fingerprint density at radius 3 is 2.58 bits per heavy atom. The van der Waals surface area contributed by atoms with E-state index >= 15 is 0 Å². The number of nitrogens with zero attached hydrogens (tertiary/aromatic N) is 2. The van der Waals surface area contributed by atoms with Gasteiger partial charge in [0.1, 0.15) is 0 Å². The predicted octanol–water partition coefficient (Wildman–Crippen LogP) is 0.328. The molecule has 0 aromatic carbocycles. The van der Waals surface area contributed by atoms with E-state index in [1.807, 2.05) is 0 Å². The first-order chi connectivity index (χ1) is 8.99. The van der Waals surface area contributed by atoms with Gasteiger partial charge in [-0.3, -0.25) is 10.1 Å². The van der Waals surface area contributed by atoms with Gasteiger partial charge in [0.15, 0.2) is 6.61 Å². The number of carbonyl (C=O) groups is 2. The van der Waals surface area contributed by atoms with E-state index in [2.05, 4.69) is 14.5 Å². The molecule has 9 heteroatoms. The summed E-state index contributed by atoms with van der Waals surface area (Å²) in [6, 6.07) is 0.950. The number of hydrogen-bond acceptors (Lipinski definition) is 8. The molecule has 1 heterocycles. The molecule has 0 saturated carbocycles. The van der Waals surface area contributed by atoms with Gasteiger partial charge in [-0.25, -0.2) is 14.6 Å². The fourth-order valence-corrected chi connectivity index (χ4v) is 1.10. The average molecular weight is 270 g/mol. The molecule has 1 aromatic rings. The number of carbonyl (C=O) groups excluding carboxylic acids is 2. The number of hydrogen-bond donors (Lipinski definition) is 0. The predicted molar refractivity (Wildman–Crippen MR) is 59.7 cm³/mol. The molecule has 9 nitrogen and oxygen atoms in total. The summed E-state index contributed by atoms with van der Waals surface area (Å²) in [7, 11) is 2.28. The van der Waals surface area contributed by atoms with Gasteiger partial charge in [0.25, 0.3) is 5.88 Å². The maximum atomic E-state index is 11.2. The number of ether oxygens (including phenoxy) is 3. The molecule has 0 aliphatic carbocycles. The lowest BCUT2D eigenvalue weighted by Gasteiger charge is -2.05. The van der Waals surface area contributed by atoms with Crippen LogP contribution in [0.5, 0.6) is 5.88 Å². The quantitative estimate of drug-likeness (QED) is 0.426. The zero-order valence-electron chi connectivity index (χ0n) is 10.1. The average Bonchev–Trinajstić information content (AvgIpc) is 2.43. The van der Waals surface area contributed by atoms with Gasteiger partial charge in [0.05, 0.1) is 24.7 Å². The minimum absolute atomic E-state index is 0.0976. The van der Waals surface area contributed by atoms with Crippen LogP contribution < -0.4 is 4.74 Å². The number of pyridine rings is 1. The molecule has 1 aromatic heterocycles. The van der Waals surface area contributed by atoms with Crippen LogP contribution in [-0.2, 0) is 14.3 Å². The van der Waals surface area contributed by atoms with E-state index in [0.29, 0.717) is 0 Å². The van der Waals surface area contributed by atoms with Gasteiger partial charge in [-0.15, -0.1) is 0 Å². The van der Waals surface area contributed by atoms with Crippen molar-refractivity contribution >= 4 is 17.6 Å². The monoisotopic (exact) mass is 270 g/mol. The van der Waals surface area contributed by atoms with Crippen molar-refractivity contribution < 1.29 is 28.7 Å². The molecule has 0 amide bonds. The largest absolute Gasteiger partial charge is 0.466 e. The van der Waals surface area contributed by atoms with Gasteiger partial charge >= 0.3 is 17.6 Å². The third kappa shape index (κ3) is 3.63. The Labute approximate surface area is 107 Å². The molecule has 1 rings (SSSR count). The first-order valence-corrected chi connectivity index (χ1v) is 4.92. The van der Waals surface area contributed by atoms with Crippen LogP contribution >= 0.6 is 0 Å². The molecular formula is C10H10N2O7. The molecule has 19 heavy (non-hydrogen) atoms. The van der Waals surface area contributed by atoms with E-state index in [4.69, 9.17) is 4.74 Å². The Hall–Kier alpha value is -2.71. The van der Waals surface area contributed by atoms with Crippen LogP contribution in [0.15, 0.2) is 12.3 Å². The van der Waals surface area contributed by atoms with Gasteiger partial charge in [-0.05, 0) is 0 Å². The van der Waals surface area contributed by atoms with Crippen molar-refractivity contribution in [2.45, 2.75) is 0 Å².